The molecule has 0 heterocycles. The molecule has 1 N–H and O–H groups in total. The van der Waals surface area contributed by atoms with Gasteiger partial charge in [0.1, 0.15) is 5.75 Å². The Morgan fingerprint density at radius 3 is 1.68 bits per heavy atom. The molecule has 9 heteroatoms. The number of hydrogen-bond acceptors (Lipinski definition) is 7. The van der Waals surface area contributed by atoms with Gasteiger partial charge in [0, 0.05) is 0 Å². The summed E-state index contributed by atoms with van der Waals surface area (Å²) < 4.78 is 48.0. The number of phenolic OH excluding ortho intramolecular Hbond substituents is 1. The van der Waals surface area contributed by atoms with E-state index in [0.29, 0.717) is 5.56 Å². The van der Waals surface area contributed by atoms with Crippen molar-refractivity contribution in [3.63, 3.8) is 0 Å². The molecular weight excluding hydrogens is 366 g/mol. The van der Waals surface area contributed by atoms with Gasteiger partial charge in [-0.05, 0) is 45.4 Å². The van der Waals surface area contributed by atoms with Gasteiger partial charge in [-0.15, -0.1) is 0 Å². The van der Waals surface area contributed by atoms with Crippen LogP contribution in [0, 0.1) is 0 Å². The first-order valence-corrected chi connectivity index (χ1v) is 11.7. The molecule has 0 saturated carbocycles. The zero-order chi connectivity index (χ0) is 18.9. The number of aromatic hydroxyl groups is 1. The first-order valence-electron chi connectivity index (χ1n) is 8.39. The van der Waals surface area contributed by atoms with E-state index in [-0.39, 0.29) is 38.3 Å². The lowest BCUT2D eigenvalue weighted by Crippen LogP contribution is -2.13. The van der Waals surface area contributed by atoms with Gasteiger partial charge < -0.3 is 23.2 Å². The van der Waals surface area contributed by atoms with Crippen molar-refractivity contribution in [1.82, 2.24) is 0 Å². The maximum atomic E-state index is 13.3. The van der Waals surface area contributed by atoms with Crippen molar-refractivity contribution in [3.05, 3.63) is 29.8 Å². The fraction of sp³-hybridized carbons (Fsp3) is 0.625. The molecule has 1 atom stereocenters. The second-order valence-electron chi connectivity index (χ2n) is 5.11. The summed E-state index contributed by atoms with van der Waals surface area (Å²) in [4.78, 5) is 0. The van der Waals surface area contributed by atoms with Gasteiger partial charge in [-0.1, -0.05) is 12.1 Å². The molecule has 0 amide bonds. The topological polar surface area (TPSA) is 91.3 Å². The summed E-state index contributed by atoms with van der Waals surface area (Å²) in [5, 5.41) is 9.51. The van der Waals surface area contributed by atoms with Crippen LogP contribution in [0.15, 0.2) is 24.3 Å². The number of phenols is 1. The molecule has 0 aliphatic heterocycles. The van der Waals surface area contributed by atoms with E-state index in [0.717, 1.165) is 0 Å². The van der Waals surface area contributed by atoms with E-state index < -0.39 is 20.9 Å². The zero-order valence-electron chi connectivity index (χ0n) is 15.2. The molecule has 1 aromatic rings. The third-order valence-corrected chi connectivity index (χ3v) is 8.21. The van der Waals surface area contributed by atoms with Gasteiger partial charge in [0.15, 0.2) is 0 Å². The molecule has 0 saturated heterocycles. The summed E-state index contributed by atoms with van der Waals surface area (Å²) >= 11 is 0. The average molecular weight is 394 g/mol. The molecule has 0 spiro atoms. The van der Waals surface area contributed by atoms with Crippen LogP contribution in [-0.2, 0) is 27.2 Å². The molecule has 25 heavy (non-hydrogen) atoms. The van der Waals surface area contributed by atoms with Crippen LogP contribution in [-0.4, -0.2) is 37.7 Å². The van der Waals surface area contributed by atoms with Crippen LogP contribution >= 0.6 is 15.2 Å². The Balaban J connectivity index is 3.33. The van der Waals surface area contributed by atoms with E-state index in [4.69, 9.17) is 18.1 Å². The van der Waals surface area contributed by atoms with E-state index in [1.165, 1.54) is 12.1 Å². The predicted molar refractivity (Wildman–Crippen MR) is 97.4 cm³/mol. The Morgan fingerprint density at radius 1 is 0.840 bits per heavy atom. The maximum Gasteiger partial charge on any atom is 0.338 e. The highest BCUT2D eigenvalue weighted by Crippen LogP contribution is 2.66. The summed E-state index contributed by atoms with van der Waals surface area (Å²) in [6.07, 6.45) is -0.142. The van der Waals surface area contributed by atoms with E-state index in [2.05, 4.69) is 0 Å². The van der Waals surface area contributed by atoms with Crippen molar-refractivity contribution in [3.8, 4) is 5.75 Å². The Bertz CT molecular complexity index is 583. The van der Waals surface area contributed by atoms with Crippen LogP contribution in [0.1, 0.15) is 38.9 Å². The van der Waals surface area contributed by atoms with E-state index in [1.807, 2.05) is 0 Å². The Hall–Kier alpha value is -0.680. The van der Waals surface area contributed by atoms with Gasteiger partial charge in [0.25, 0.3) is 0 Å². The van der Waals surface area contributed by atoms with Crippen LogP contribution in [0.4, 0.5) is 0 Å². The molecule has 7 nitrogen and oxygen atoms in total. The van der Waals surface area contributed by atoms with Crippen LogP contribution < -0.4 is 0 Å². The van der Waals surface area contributed by atoms with Crippen LogP contribution in [0.5, 0.6) is 5.75 Å². The fourth-order valence-electron chi connectivity index (χ4n) is 2.41. The van der Waals surface area contributed by atoms with Crippen molar-refractivity contribution in [2.45, 2.75) is 33.4 Å². The highest BCUT2D eigenvalue weighted by Gasteiger charge is 2.43. The monoisotopic (exact) mass is 394 g/mol. The van der Waals surface area contributed by atoms with Crippen LogP contribution in [0.2, 0.25) is 0 Å². The summed E-state index contributed by atoms with van der Waals surface area (Å²) in [5.74, 6) is 0.0722. The summed E-state index contributed by atoms with van der Waals surface area (Å²) in [7, 11) is -7.12. The summed E-state index contributed by atoms with van der Waals surface area (Å²) in [6, 6.07) is 6.15. The number of benzene rings is 1. The first kappa shape index (κ1) is 22.4. The summed E-state index contributed by atoms with van der Waals surface area (Å²) in [6.45, 7) is 7.62. The zero-order valence-corrected chi connectivity index (χ0v) is 17.0. The highest BCUT2D eigenvalue weighted by atomic mass is 31.2. The molecule has 144 valence electrons. The molecule has 1 unspecified atom stereocenters. The van der Waals surface area contributed by atoms with Gasteiger partial charge in [-0.2, -0.15) is 0 Å². The molecular formula is C16H28O7P2. The smallest absolute Gasteiger partial charge is 0.338 e. The minimum atomic E-state index is -3.62. The van der Waals surface area contributed by atoms with Crippen LogP contribution in [0.25, 0.3) is 0 Å². The minimum absolute atomic E-state index is 0.0722. The summed E-state index contributed by atoms with van der Waals surface area (Å²) in [5.41, 5.74) is -0.264. The van der Waals surface area contributed by atoms with Gasteiger partial charge in [-0.3, -0.25) is 9.13 Å². The fourth-order valence-corrected chi connectivity index (χ4v) is 7.21. The maximum absolute atomic E-state index is 13.3. The Kier molecular flexibility index (Phi) is 9.36. The quantitative estimate of drug-likeness (QED) is 0.501. The molecule has 0 aliphatic rings. The van der Waals surface area contributed by atoms with Crippen molar-refractivity contribution in [2.75, 3.05) is 32.6 Å². The predicted octanol–water partition coefficient (Wildman–Crippen LogP) is 4.97. The van der Waals surface area contributed by atoms with Crippen molar-refractivity contribution < 1.29 is 32.3 Å². The van der Waals surface area contributed by atoms with Crippen LogP contribution in [0.3, 0.4) is 0 Å². The van der Waals surface area contributed by atoms with Crippen molar-refractivity contribution in [1.29, 1.82) is 0 Å². The lowest BCUT2D eigenvalue weighted by Gasteiger charge is -2.29. The van der Waals surface area contributed by atoms with E-state index in [1.54, 1.807) is 39.8 Å². The SMILES string of the molecule is CCOP(=O)(CC(c1ccc(O)cc1)P(=O)(OCC)OCC)OCC. The molecule has 0 fully saturated rings. The normalized spacial score (nSPS) is 13.8. The lowest BCUT2D eigenvalue weighted by molar-refractivity contribution is 0.203. The van der Waals surface area contributed by atoms with E-state index >= 15 is 0 Å². The molecule has 1 aromatic carbocycles. The molecule has 0 radical (unpaired) electrons. The van der Waals surface area contributed by atoms with Gasteiger partial charge >= 0.3 is 15.2 Å². The second-order valence-corrected chi connectivity index (χ2v) is 9.43. The lowest BCUT2D eigenvalue weighted by atomic mass is 10.1. The largest absolute Gasteiger partial charge is 0.508 e. The van der Waals surface area contributed by atoms with Gasteiger partial charge in [0.2, 0.25) is 0 Å². The standard InChI is InChI=1S/C16H28O7P2/c1-5-20-24(18,21-6-2)13-16(14-9-11-15(17)12-10-14)25(19,22-7-3)23-8-4/h9-12,16-17H,5-8,13H2,1-4H3. The van der Waals surface area contributed by atoms with Gasteiger partial charge in [-0.25, -0.2) is 0 Å². The molecule has 0 aromatic heterocycles. The first-order chi connectivity index (χ1) is 11.8. The average Bonchev–Trinajstić information content (AvgIpc) is 2.54. The third kappa shape index (κ3) is 6.52. The number of rotatable bonds is 12. The number of hydrogen-bond donors (Lipinski definition) is 1. The Labute approximate surface area is 149 Å². The molecule has 0 bridgehead atoms. The van der Waals surface area contributed by atoms with Gasteiger partial charge in [0.05, 0.1) is 38.2 Å². The minimum Gasteiger partial charge on any atom is -0.508 e. The van der Waals surface area contributed by atoms with Crippen molar-refractivity contribution in [2.24, 2.45) is 0 Å². The molecule has 1 rings (SSSR count). The Morgan fingerprint density at radius 2 is 1.28 bits per heavy atom. The third-order valence-electron chi connectivity index (χ3n) is 3.33. The highest BCUT2D eigenvalue weighted by molar-refractivity contribution is 7.58. The molecule has 0 aliphatic carbocycles. The van der Waals surface area contributed by atoms with E-state index in [9.17, 15) is 14.2 Å². The van der Waals surface area contributed by atoms with Crippen molar-refractivity contribution >= 4 is 15.2 Å². The second kappa shape index (κ2) is 10.5.